The first-order valence-electron chi connectivity index (χ1n) is 10.3. The fourth-order valence-corrected chi connectivity index (χ4v) is 9.27. The first-order valence-corrected chi connectivity index (χ1v) is 10.3. The number of hydrogen-bond donors (Lipinski definition) is 0. The van der Waals surface area contributed by atoms with Gasteiger partial charge in [-0.15, -0.1) is 0 Å². The zero-order chi connectivity index (χ0) is 17.0. The van der Waals surface area contributed by atoms with Crippen LogP contribution in [0.5, 0.6) is 0 Å². The third-order valence-corrected chi connectivity index (χ3v) is 9.48. The molecule has 5 saturated carbocycles. The summed E-state index contributed by atoms with van der Waals surface area (Å²) in [5.41, 5.74) is 1.23. The molecular weight excluding hydrogens is 326 g/mol. The van der Waals surface area contributed by atoms with Gasteiger partial charge in [0.1, 0.15) is 0 Å². The SMILES string of the molecule is O=c1n(-c2ccccc2)c(=O)n2n1[C@@H]1[C@H]3C4C5[C@@]16CCCCC[C@]56[C@H]2[C@@H]43. The van der Waals surface area contributed by atoms with Gasteiger partial charge in [0.15, 0.2) is 0 Å². The second kappa shape index (κ2) is 3.54. The van der Waals surface area contributed by atoms with Crippen molar-refractivity contribution < 1.29 is 0 Å². The van der Waals surface area contributed by atoms with E-state index in [-0.39, 0.29) is 11.4 Å². The van der Waals surface area contributed by atoms with Gasteiger partial charge in [-0.1, -0.05) is 37.5 Å². The largest absolute Gasteiger partial charge is 0.352 e. The van der Waals surface area contributed by atoms with E-state index in [0.717, 1.165) is 11.8 Å². The molecule has 2 unspecified atom stereocenters. The van der Waals surface area contributed by atoms with Gasteiger partial charge >= 0.3 is 11.4 Å². The molecule has 3 heterocycles. The molecule has 5 heteroatoms. The Hall–Kier alpha value is -2.04. The fourth-order valence-electron chi connectivity index (χ4n) is 9.27. The molecule has 1 aromatic carbocycles. The first-order chi connectivity index (χ1) is 12.7. The summed E-state index contributed by atoms with van der Waals surface area (Å²) in [5, 5.41) is 0. The Morgan fingerprint density at radius 1 is 0.769 bits per heavy atom. The van der Waals surface area contributed by atoms with E-state index in [1.54, 1.807) is 0 Å². The third-order valence-electron chi connectivity index (χ3n) is 9.48. The lowest BCUT2D eigenvalue weighted by atomic mass is 9.69. The Morgan fingerprint density at radius 2 is 1.35 bits per heavy atom. The van der Waals surface area contributed by atoms with Crippen molar-refractivity contribution in [2.45, 2.75) is 44.2 Å². The van der Waals surface area contributed by atoms with Gasteiger partial charge in [0, 0.05) is 10.8 Å². The number of rotatable bonds is 1. The van der Waals surface area contributed by atoms with Crippen molar-refractivity contribution in [3.63, 3.8) is 0 Å². The lowest BCUT2D eigenvalue weighted by Gasteiger charge is -2.48. The number of hydrogen-bond acceptors (Lipinski definition) is 2. The highest BCUT2D eigenvalue weighted by Crippen LogP contribution is 3.04. The highest BCUT2D eigenvalue weighted by molar-refractivity contribution is 5.49. The maximum atomic E-state index is 13.4. The lowest BCUT2D eigenvalue weighted by Crippen LogP contribution is -2.52. The van der Waals surface area contributed by atoms with Crippen molar-refractivity contribution in [1.82, 2.24) is 13.9 Å². The monoisotopic (exact) mass is 347 g/mol. The van der Waals surface area contributed by atoms with Gasteiger partial charge in [0.25, 0.3) is 0 Å². The number of nitrogens with zero attached hydrogens (tertiary/aromatic N) is 3. The number of benzene rings is 1. The minimum Gasteiger partial charge on any atom is -0.245 e. The maximum absolute atomic E-state index is 13.4. The summed E-state index contributed by atoms with van der Waals surface area (Å²) in [7, 11) is 0. The molecule has 2 spiro atoms. The molecule has 5 aliphatic carbocycles. The molecule has 0 saturated heterocycles. The van der Waals surface area contributed by atoms with Crippen LogP contribution in [0.2, 0.25) is 0 Å². The van der Waals surface area contributed by atoms with Crippen LogP contribution in [0.1, 0.15) is 44.2 Å². The number of aromatic nitrogens is 3. The fraction of sp³-hybridized carbons (Fsp3) is 0.619. The summed E-state index contributed by atoms with van der Waals surface area (Å²) >= 11 is 0. The van der Waals surface area contributed by atoms with E-state index in [0.29, 0.717) is 40.4 Å². The average Bonchev–Trinajstić information content (AvgIpc) is 3.42. The molecule has 2 bridgehead atoms. The summed E-state index contributed by atoms with van der Waals surface area (Å²) in [6.45, 7) is 0. The molecule has 9 rings (SSSR count). The van der Waals surface area contributed by atoms with Crippen LogP contribution in [0, 0.1) is 34.5 Å². The Bertz CT molecular complexity index is 1060. The molecule has 5 fully saturated rings. The molecule has 0 radical (unpaired) electrons. The highest BCUT2D eigenvalue weighted by atomic mass is 16.2. The minimum absolute atomic E-state index is 0.0972. The van der Waals surface area contributed by atoms with Crippen molar-refractivity contribution in [1.29, 1.82) is 0 Å². The van der Waals surface area contributed by atoms with E-state index in [9.17, 15) is 9.59 Å². The van der Waals surface area contributed by atoms with Gasteiger partial charge < -0.3 is 0 Å². The van der Waals surface area contributed by atoms with Gasteiger partial charge in [-0.25, -0.2) is 23.5 Å². The van der Waals surface area contributed by atoms with Crippen molar-refractivity contribution in [3.8, 4) is 5.69 Å². The lowest BCUT2D eigenvalue weighted by molar-refractivity contribution is -0.00428. The van der Waals surface area contributed by atoms with Gasteiger partial charge in [-0.2, -0.15) is 0 Å². The molecule has 1 aromatic heterocycles. The average molecular weight is 347 g/mol. The van der Waals surface area contributed by atoms with Crippen LogP contribution in [0.3, 0.4) is 0 Å². The summed E-state index contributed by atoms with van der Waals surface area (Å²) in [5.74, 6) is 3.01. The van der Waals surface area contributed by atoms with Crippen LogP contribution >= 0.6 is 0 Å². The van der Waals surface area contributed by atoms with E-state index in [1.165, 1.54) is 36.7 Å². The van der Waals surface area contributed by atoms with Crippen LogP contribution in [0.15, 0.2) is 39.9 Å². The Balaban J connectivity index is 1.45. The Morgan fingerprint density at radius 3 is 1.92 bits per heavy atom. The maximum Gasteiger partial charge on any atom is 0.352 e. The summed E-state index contributed by atoms with van der Waals surface area (Å²) in [4.78, 5) is 26.8. The smallest absolute Gasteiger partial charge is 0.245 e. The van der Waals surface area contributed by atoms with Crippen LogP contribution < -0.4 is 11.4 Å². The topological polar surface area (TPSA) is 48.9 Å². The Kier molecular flexibility index (Phi) is 1.79. The van der Waals surface area contributed by atoms with Crippen LogP contribution in [0.4, 0.5) is 0 Å². The minimum atomic E-state index is -0.0972. The second-order valence-electron chi connectivity index (χ2n) is 9.67. The second-order valence-corrected chi connectivity index (χ2v) is 9.67. The first kappa shape index (κ1) is 13.2. The predicted molar refractivity (Wildman–Crippen MR) is 94.3 cm³/mol. The standard InChI is InChI=1S/C21H21N3O2/c25-18-22(11-7-3-1-4-8-11)19(26)24-17-14-12-13(14)16(23(18)24)20-9-5-2-6-10-21(17,20)15(12)20/h1,3-4,7-8,12-17H,2,5-6,9-10H2/t12?,13-,14-,15?,16+,17+,20-,21+/m0/s1. The molecule has 2 aliphatic heterocycles. The zero-order valence-corrected chi connectivity index (χ0v) is 14.5. The van der Waals surface area contributed by atoms with Crippen molar-refractivity contribution in [3.05, 3.63) is 51.3 Å². The van der Waals surface area contributed by atoms with E-state index < -0.39 is 0 Å². The summed E-state index contributed by atoms with van der Waals surface area (Å²) in [6, 6.07) is 10.1. The van der Waals surface area contributed by atoms with Gasteiger partial charge in [-0.3, -0.25) is 0 Å². The van der Waals surface area contributed by atoms with E-state index in [1.807, 2.05) is 39.7 Å². The molecule has 0 N–H and O–H groups in total. The van der Waals surface area contributed by atoms with Crippen molar-refractivity contribution in [2.24, 2.45) is 34.5 Å². The molecule has 26 heavy (non-hydrogen) atoms. The molecule has 7 aliphatic rings. The third kappa shape index (κ3) is 0.946. The molecule has 0 amide bonds. The molecule has 2 aromatic rings. The van der Waals surface area contributed by atoms with Crippen LogP contribution in [-0.2, 0) is 0 Å². The normalized spacial score (nSPS) is 50.2. The molecule has 132 valence electrons. The zero-order valence-electron chi connectivity index (χ0n) is 14.5. The van der Waals surface area contributed by atoms with Crippen molar-refractivity contribution in [2.75, 3.05) is 0 Å². The van der Waals surface area contributed by atoms with Gasteiger partial charge in [-0.05, 0) is 48.6 Å². The van der Waals surface area contributed by atoms with Crippen molar-refractivity contribution >= 4 is 0 Å². The summed E-state index contributed by atoms with van der Waals surface area (Å²) in [6.07, 6.45) is 6.52. The van der Waals surface area contributed by atoms with E-state index in [4.69, 9.17) is 0 Å². The quantitative estimate of drug-likeness (QED) is 0.795. The molecule has 5 nitrogen and oxygen atoms in total. The Labute approximate surface area is 150 Å². The van der Waals surface area contributed by atoms with Gasteiger partial charge in [0.05, 0.1) is 17.8 Å². The van der Waals surface area contributed by atoms with Gasteiger partial charge in [0.2, 0.25) is 0 Å². The highest BCUT2D eigenvalue weighted by Gasteiger charge is 3.02. The van der Waals surface area contributed by atoms with Crippen LogP contribution in [0.25, 0.3) is 5.69 Å². The molecular formula is C21H21N3O2. The van der Waals surface area contributed by atoms with Crippen LogP contribution in [-0.4, -0.2) is 13.9 Å². The summed E-state index contributed by atoms with van der Waals surface area (Å²) < 4.78 is 5.31. The van der Waals surface area contributed by atoms with E-state index >= 15 is 0 Å². The number of para-hydroxylation sites is 1. The molecule has 8 atom stereocenters. The van der Waals surface area contributed by atoms with E-state index in [2.05, 4.69) is 0 Å². The predicted octanol–water partition coefficient (Wildman–Crippen LogP) is 2.35.